The van der Waals surface area contributed by atoms with Gasteiger partial charge in [-0.25, -0.2) is 4.79 Å². The van der Waals surface area contributed by atoms with E-state index < -0.39 is 5.97 Å². The summed E-state index contributed by atoms with van der Waals surface area (Å²) in [6, 6.07) is 5.33. The number of hydrogen-bond acceptors (Lipinski definition) is 4. The number of carboxylic acid groups (broad SMARTS) is 1. The molecule has 0 radical (unpaired) electrons. The molecule has 0 spiro atoms. The Morgan fingerprint density at radius 2 is 2.33 bits per heavy atom. The summed E-state index contributed by atoms with van der Waals surface area (Å²) in [6.45, 7) is 4.33. The lowest BCUT2D eigenvalue weighted by Crippen LogP contribution is -2.15. The molecule has 1 aliphatic heterocycles. The molecule has 6 heteroatoms. The number of ether oxygens (including phenoxy) is 1. The first-order valence-corrected chi connectivity index (χ1v) is 6.75. The van der Waals surface area contributed by atoms with Crippen molar-refractivity contribution in [3.8, 4) is 5.75 Å². The largest absolute Gasteiger partial charge is 0.493 e. The van der Waals surface area contributed by atoms with Crippen LogP contribution in [-0.2, 0) is 0 Å². The number of nitrogens with one attached hydrogen (secondary N) is 1. The fraction of sp³-hybridized carbons (Fsp3) is 0.400. The van der Waals surface area contributed by atoms with Crippen LogP contribution in [0.4, 0.5) is 0 Å². The van der Waals surface area contributed by atoms with Crippen LogP contribution < -0.4 is 10.1 Å². The minimum absolute atomic E-state index is 0. The zero-order valence-corrected chi connectivity index (χ0v) is 12.5. The van der Waals surface area contributed by atoms with E-state index in [2.05, 4.69) is 5.32 Å². The summed E-state index contributed by atoms with van der Waals surface area (Å²) in [5.41, 5.74) is 0.794. The van der Waals surface area contributed by atoms with E-state index in [9.17, 15) is 9.90 Å². The minimum Gasteiger partial charge on any atom is -0.493 e. The van der Waals surface area contributed by atoms with Crippen molar-refractivity contribution in [2.75, 3.05) is 19.7 Å². The van der Waals surface area contributed by atoms with E-state index >= 15 is 0 Å². The van der Waals surface area contributed by atoms with Crippen molar-refractivity contribution < 1.29 is 19.1 Å². The molecule has 2 aromatic rings. The second-order valence-corrected chi connectivity index (χ2v) is 5.17. The Morgan fingerprint density at radius 1 is 1.52 bits per heavy atom. The highest BCUT2D eigenvalue weighted by atomic mass is 35.5. The van der Waals surface area contributed by atoms with Crippen LogP contribution in [0.25, 0.3) is 11.0 Å². The van der Waals surface area contributed by atoms with Gasteiger partial charge in [-0.05, 0) is 38.1 Å². The number of fused-ring (bicyclic) bond motifs is 1. The van der Waals surface area contributed by atoms with Crippen molar-refractivity contribution in [1.82, 2.24) is 5.32 Å². The number of furan rings is 1. The van der Waals surface area contributed by atoms with E-state index in [0.29, 0.717) is 35.0 Å². The molecule has 1 aromatic carbocycles. The average Bonchev–Trinajstić information content (AvgIpc) is 3.01. The van der Waals surface area contributed by atoms with Gasteiger partial charge in [0.25, 0.3) is 0 Å². The molecule has 5 nitrogen and oxygen atoms in total. The summed E-state index contributed by atoms with van der Waals surface area (Å²) in [4.78, 5) is 11.3. The molecule has 1 fully saturated rings. The van der Waals surface area contributed by atoms with Gasteiger partial charge in [0.05, 0.1) is 6.61 Å². The summed E-state index contributed by atoms with van der Waals surface area (Å²) in [6.07, 6.45) is 1.12. The van der Waals surface area contributed by atoms with Gasteiger partial charge in [0.2, 0.25) is 0 Å². The molecular formula is C15H18ClNO4. The number of halogens is 1. The molecule has 2 heterocycles. The van der Waals surface area contributed by atoms with Gasteiger partial charge >= 0.3 is 5.97 Å². The van der Waals surface area contributed by atoms with Crippen molar-refractivity contribution >= 4 is 29.3 Å². The average molecular weight is 312 g/mol. The molecule has 1 aromatic heterocycles. The maximum absolute atomic E-state index is 11.3. The van der Waals surface area contributed by atoms with Crippen molar-refractivity contribution in [2.24, 2.45) is 5.92 Å². The lowest BCUT2D eigenvalue weighted by atomic mass is 10.1. The summed E-state index contributed by atoms with van der Waals surface area (Å²) < 4.78 is 11.2. The topological polar surface area (TPSA) is 71.7 Å². The number of carboxylic acids is 1. The monoisotopic (exact) mass is 311 g/mol. The van der Waals surface area contributed by atoms with E-state index in [1.165, 1.54) is 0 Å². The zero-order valence-electron chi connectivity index (χ0n) is 11.7. The van der Waals surface area contributed by atoms with Crippen molar-refractivity contribution in [1.29, 1.82) is 0 Å². The third kappa shape index (κ3) is 3.14. The maximum Gasteiger partial charge on any atom is 0.339 e. The van der Waals surface area contributed by atoms with E-state index in [4.69, 9.17) is 9.15 Å². The van der Waals surface area contributed by atoms with E-state index in [-0.39, 0.29) is 18.0 Å². The van der Waals surface area contributed by atoms with E-state index in [1.807, 2.05) is 6.07 Å². The van der Waals surface area contributed by atoms with Crippen LogP contribution in [0.1, 0.15) is 22.5 Å². The van der Waals surface area contributed by atoms with Crippen LogP contribution in [0.2, 0.25) is 0 Å². The first kappa shape index (κ1) is 15.7. The molecule has 3 rings (SSSR count). The first-order valence-electron chi connectivity index (χ1n) is 6.75. The van der Waals surface area contributed by atoms with Crippen molar-refractivity contribution in [3.63, 3.8) is 0 Å². The SMILES string of the molecule is Cc1oc2ccc(OCC3CCNC3)cc2c1C(=O)O.Cl. The van der Waals surface area contributed by atoms with E-state index in [1.54, 1.807) is 19.1 Å². The fourth-order valence-corrected chi connectivity index (χ4v) is 2.63. The van der Waals surface area contributed by atoms with Gasteiger partial charge in [-0.2, -0.15) is 0 Å². The minimum atomic E-state index is -0.974. The molecule has 1 atom stereocenters. The van der Waals surface area contributed by atoms with Crippen LogP contribution in [0.3, 0.4) is 0 Å². The van der Waals surface area contributed by atoms with Gasteiger partial charge in [0.1, 0.15) is 22.7 Å². The zero-order chi connectivity index (χ0) is 14.1. The third-order valence-corrected chi connectivity index (χ3v) is 3.70. The quantitative estimate of drug-likeness (QED) is 0.908. The third-order valence-electron chi connectivity index (χ3n) is 3.70. The molecule has 1 saturated heterocycles. The van der Waals surface area contributed by atoms with Crippen LogP contribution in [0.5, 0.6) is 5.75 Å². The van der Waals surface area contributed by atoms with Gasteiger partial charge in [0.15, 0.2) is 0 Å². The summed E-state index contributed by atoms with van der Waals surface area (Å²) in [5.74, 6) is 0.659. The number of carbonyl (C=O) groups is 1. The number of aryl methyl sites for hydroxylation is 1. The van der Waals surface area contributed by atoms with Crippen molar-refractivity contribution in [3.05, 3.63) is 29.5 Å². The van der Waals surface area contributed by atoms with Gasteiger partial charge in [-0.1, -0.05) is 0 Å². The number of hydrogen-bond donors (Lipinski definition) is 2. The molecule has 114 valence electrons. The summed E-state index contributed by atoms with van der Waals surface area (Å²) >= 11 is 0. The Morgan fingerprint density at radius 3 is 3.00 bits per heavy atom. The fourth-order valence-electron chi connectivity index (χ4n) is 2.63. The Labute approximate surface area is 128 Å². The van der Waals surface area contributed by atoms with Gasteiger partial charge in [-0.3, -0.25) is 0 Å². The molecule has 1 unspecified atom stereocenters. The lowest BCUT2D eigenvalue weighted by Gasteiger charge is -2.10. The van der Waals surface area contributed by atoms with Crippen LogP contribution in [0, 0.1) is 12.8 Å². The van der Waals surface area contributed by atoms with Gasteiger partial charge in [0, 0.05) is 17.8 Å². The highest BCUT2D eigenvalue weighted by molar-refractivity contribution is 6.03. The van der Waals surface area contributed by atoms with Crippen LogP contribution >= 0.6 is 12.4 Å². The summed E-state index contributed by atoms with van der Waals surface area (Å²) in [7, 11) is 0. The Balaban J connectivity index is 0.00000161. The Hall–Kier alpha value is -1.72. The van der Waals surface area contributed by atoms with Gasteiger partial charge < -0.3 is 19.6 Å². The van der Waals surface area contributed by atoms with E-state index in [0.717, 1.165) is 19.5 Å². The molecule has 0 bridgehead atoms. The molecule has 21 heavy (non-hydrogen) atoms. The number of rotatable bonds is 4. The predicted octanol–water partition coefficient (Wildman–Crippen LogP) is 2.85. The number of aromatic carboxylic acids is 1. The highest BCUT2D eigenvalue weighted by Crippen LogP contribution is 2.29. The molecule has 1 aliphatic rings. The first-order chi connectivity index (χ1) is 9.65. The Bertz CT molecular complexity index is 646. The molecule has 0 amide bonds. The lowest BCUT2D eigenvalue weighted by molar-refractivity contribution is 0.0697. The smallest absolute Gasteiger partial charge is 0.339 e. The molecule has 0 aliphatic carbocycles. The second kappa shape index (κ2) is 6.37. The maximum atomic E-state index is 11.3. The Kier molecular flexibility index (Phi) is 4.75. The molecule has 0 saturated carbocycles. The van der Waals surface area contributed by atoms with Gasteiger partial charge in [-0.15, -0.1) is 12.4 Å². The van der Waals surface area contributed by atoms with Crippen LogP contribution in [0.15, 0.2) is 22.6 Å². The standard InChI is InChI=1S/C15H17NO4.ClH/c1-9-14(15(17)18)12-6-11(2-3-13(12)20-9)19-8-10-4-5-16-7-10;/h2-3,6,10,16H,4-5,7-8H2,1H3,(H,17,18);1H. The molecular weight excluding hydrogens is 294 g/mol. The van der Waals surface area contributed by atoms with Crippen LogP contribution in [-0.4, -0.2) is 30.8 Å². The highest BCUT2D eigenvalue weighted by Gasteiger charge is 2.19. The second-order valence-electron chi connectivity index (χ2n) is 5.17. The van der Waals surface area contributed by atoms with Crippen molar-refractivity contribution in [2.45, 2.75) is 13.3 Å². The summed E-state index contributed by atoms with van der Waals surface area (Å²) in [5, 5.41) is 13.1. The molecule has 2 N–H and O–H groups in total. The number of benzene rings is 1. The predicted molar refractivity (Wildman–Crippen MR) is 81.6 cm³/mol. The normalized spacial score (nSPS) is 17.7.